The molecule has 0 aliphatic heterocycles. The number of sulfonamides is 1. The molecule has 7 heteroatoms. The summed E-state index contributed by atoms with van der Waals surface area (Å²) in [4.78, 5) is 3.35. The smallest absolute Gasteiger partial charge is 0.242 e. The summed E-state index contributed by atoms with van der Waals surface area (Å²) in [6.45, 7) is 3.62. The monoisotopic (exact) mass is 294 g/mol. The van der Waals surface area contributed by atoms with Crippen molar-refractivity contribution in [3.63, 3.8) is 0 Å². The van der Waals surface area contributed by atoms with Gasteiger partial charge in [0.05, 0.1) is 6.20 Å². The normalized spacial score (nSPS) is 15.3. The fourth-order valence-electron chi connectivity index (χ4n) is 1.43. The van der Waals surface area contributed by atoms with Crippen LogP contribution in [-0.4, -0.2) is 24.8 Å². The van der Waals surface area contributed by atoms with Gasteiger partial charge in [0.25, 0.3) is 0 Å². The molecule has 1 unspecified atom stereocenters. The number of halogens is 2. The Morgan fingerprint density at radius 2 is 2.17 bits per heavy atom. The van der Waals surface area contributed by atoms with Crippen LogP contribution in [-0.2, 0) is 10.0 Å². The van der Waals surface area contributed by atoms with E-state index >= 15 is 0 Å². The molecule has 0 fully saturated rings. The highest BCUT2D eigenvalue weighted by Gasteiger charge is 2.28. The molecule has 1 aromatic rings. The first-order chi connectivity index (χ1) is 8.33. The fourth-order valence-corrected chi connectivity index (χ4v) is 3.33. The summed E-state index contributed by atoms with van der Waals surface area (Å²) in [5, 5.41) is 0. The van der Waals surface area contributed by atoms with Crippen molar-refractivity contribution >= 4 is 21.6 Å². The number of aromatic nitrogens is 1. The van der Waals surface area contributed by atoms with Crippen LogP contribution >= 0.6 is 11.6 Å². The lowest BCUT2D eigenvalue weighted by Crippen LogP contribution is -2.45. The number of pyridine rings is 1. The Morgan fingerprint density at radius 3 is 2.67 bits per heavy atom. The van der Waals surface area contributed by atoms with Gasteiger partial charge >= 0.3 is 0 Å². The van der Waals surface area contributed by atoms with Gasteiger partial charge in [-0.1, -0.05) is 6.92 Å². The summed E-state index contributed by atoms with van der Waals surface area (Å²) in [6.07, 6.45) is 3.15. The SMILES string of the molecule is CCC(C)(CCCl)NS(=O)(=O)c1cncc(F)c1. The van der Waals surface area contributed by atoms with Crippen LogP contribution in [0.2, 0.25) is 0 Å². The number of nitrogens with one attached hydrogen (secondary N) is 1. The lowest BCUT2D eigenvalue weighted by Gasteiger charge is -2.28. The van der Waals surface area contributed by atoms with Crippen LogP contribution in [0.3, 0.4) is 0 Å². The van der Waals surface area contributed by atoms with Gasteiger partial charge in [-0.3, -0.25) is 4.98 Å². The molecule has 0 radical (unpaired) electrons. The van der Waals surface area contributed by atoms with Crippen LogP contribution in [0.5, 0.6) is 0 Å². The second-order valence-corrected chi connectivity index (χ2v) is 6.36. The molecular formula is C11H16ClFN2O2S. The van der Waals surface area contributed by atoms with E-state index in [9.17, 15) is 12.8 Å². The highest BCUT2D eigenvalue weighted by Crippen LogP contribution is 2.19. The van der Waals surface area contributed by atoms with Gasteiger partial charge in [0.1, 0.15) is 10.7 Å². The third-order valence-corrected chi connectivity index (χ3v) is 4.59. The molecule has 0 aliphatic rings. The second-order valence-electron chi connectivity index (χ2n) is 4.30. The summed E-state index contributed by atoms with van der Waals surface area (Å²) in [5.74, 6) is -0.345. The van der Waals surface area contributed by atoms with Crippen molar-refractivity contribution in [2.24, 2.45) is 0 Å². The first-order valence-electron chi connectivity index (χ1n) is 5.53. The molecule has 0 aliphatic carbocycles. The molecule has 1 heterocycles. The Balaban J connectivity index is 3.01. The molecule has 1 aromatic heterocycles. The summed E-state index contributed by atoms with van der Waals surface area (Å²) < 4.78 is 39.7. The maximum absolute atomic E-state index is 13.0. The highest BCUT2D eigenvalue weighted by molar-refractivity contribution is 7.89. The molecule has 1 N–H and O–H groups in total. The molecular weight excluding hydrogens is 279 g/mol. The van der Waals surface area contributed by atoms with E-state index in [1.807, 2.05) is 6.92 Å². The van der Waals surface area contributed by atoms with E-state index in [0.29, 0.717) is 18.7 Å². The number of rotatable bonds is 6. The van der Waals surface area contributed by atoms with E-state index in [2.05, 4.69) is 9.71 Å². The summed E-state index contributed by atoms with van der Waals surface area (Å²) in [5.41, 5.74) is -0.646. The van der Waals surface area contributed by atoms with Crippen LogP contribution in [0.1, 0.15) is 26.7 Å². The summed E-state index contributed by atoms with van der Waals surface area (Å²) >= 11 is 5.66. The molecule has 4 nitrogen and oxygen atoms in total. The number of alkyl halides is 1. The molecule has 102 valence electrons. The topological polar surface area (TPSA) is 59.1 Å². The molecule has 1 atom stereocenters. The third kappa shape index (κ3) is 3.90. The maximum atomic E-state index is 13.0. The Hall–Kier alpha value is -0.720. The van der Waals surface area contributed by atoms with Gasteiger partial charge in [0, 0.05) is 17.6 Å². The van der Waals surface area contributed by atoms with E-state index < -0.39 is 21.4 Å². The number of hydrogen-bond donors (Lipinski definition) is 1. The number of nitrogens with zero attached hydrogens (tertiary/aromatic N) is 1. The average molecular weight is 295 g/mol. The molecule has 0 aromatic carbocycles. The van der Waals surface area contributed by atoms with Gasteiger partial charge in [-0.25, -0.2) is 17.5 Å². The minimum Gasteiger partial charge on any atom is -0.260 e. The summed E-state index contributed by atoms with van der Waals surface area (Å²) in [7, 11) is -3.79. The van der Waals surface area contributed by atoms with Crippen LogP contribution in [0.15, 0.2) is 23.4 Å². The molecule has 0 spiro atoms. The van der Waals surface area contributed by atoms with Crippen molar-refractivity contribution in [1.82, 2.24) is 9.71 Å². The highest BCUT2D eigenvalue weighted by atomic mass is 35.5. The zero-order chi connectivity index (χ0) is 13.8. The Morgan fingerprint density at radius 1 is 1.50 bits per heavy atom. The molecule has 0 amide bonds. The van der Waals surface area contributed by atoms with E-state index in [4.69, 9.17) is 11.6 Å². The lowest BCUT2D eigenvalue weighted by molar-refractivity contribution is 0.390. The molecule has 1 rings (SSSR count). The molecule has 0 saturated carbocycles. The van der Waals surface area contributed by atoms with Gasteiger partial charge in [-0.15, -0.1) is 11.6 Å². The van der Waals surface area contributed by atoms with E-state index in [0.717, 1.165) is 18.5 Å². The largest absolute Gasteiger partial charge is 0.260 e. The Kier molecular flexibility index (Phi) is 5.07. The molecule has 0 saturated heterocycles. The van der Waals surface area contributed by atoms with Gasteiger partial charge in [-0.2, -0.15) is 0 Å². The van der Waals surface area contributed by atoms with E-state index in [1.54, 1.807) is 6.92 Å². The van der Waals surface area contributed by atoms with Crippen LogP contribution in [0.4, 0.5) is 4.39 Å². The van der Waals surface area contributed by atoms with Crippen LogP contribution in [0.25, 0.3) is 0 Å². The third-order valence-electron chi connectivity index (χ3n) is 2.80. The molecule has 18 heavy (non-hydrogen) atoms. The zero-order valence-electron chi connectivity index (χ0n) is 10.3. The summed E-state index contributed by atoms with van der Waals surface area (Å²) in [6, 6.07) is 0.937. The van der Waals surface area contributed by atoms with Crippen molar-refractivity contribution in [2.45, 2.75) is 37.1 Å². The maximum Gasteiger partial charge on any atom is 0.242 e. The molecule has 0 bridgehead atoms. The standard InChI is InChI=1S/C11H16ClFN2O2S/c1-3-11(2,4-5-12)15-18(16,17)10-6-9(13)7-14-8-10/h6-8,15H,3-5H2,1-2H3. The van der Waals surface area contributed by atoms with Crippen LogP contribution in [0, 0.1) is 5.82 Å². The van der Waals surface area contributed by atoms with E-state index in [1.165, 1.54) is 0 Å². The van der Waals surface area contributed by atoms with Gasteiger partial charge in [0.15, 0.2) is 0 Å². The lowest BCUT2D eigenvalue weighted by atomic mass is 9.97. The minimum absolute atomic E-state index is 0.184. The minimum atomic E-state index is -3.79. The average Bonchev–Trinajstić information content (AvgIpc) is 2.28. The quantitative estimate of drug-likeness (QED) is 0.819. The Bertz CT molecular complexity index is 510. The predicted octanol–water partition coefficient (Wildman–Crippen LogP) is 2.30. The van der Waals surface area contributed by atoms with Crippen LogP contribution < -0.4 is 4.72 Å². The van der Waals surface area contributed by atoms with Crippen molar-refractivity contribution < 1.29 is 12.8 Å². The van der Waals surface area contributed by atoms with E-state index in [-0.39, 0.29) is 4.90 Å². The van der Waals surface area contributed by atoms with Gasteiger partial charge in [0.2, 0.25) is 10.0 Å². The van der Waals surface area contributed by atoms with Crippen molar-refractivity contribution in [3.8, 4) is 0 Å². The Labute approximate surface area is 112 Å². The second kappa shape index (κ2) is 5.95. The number of hydrogen-bond acceptors (Lipinski definition) is 3. The predicted molar refractivity (Wildman–Crippen MR) is 68.5 cm³/mol. The van der Waals surface area contributed by atoms with Crippen molar-refractivity contribution in [2.75, 3.05) is 5.88 Å². The fraction of sp³-hybridized carbons (Fsp3) is 0.545. The van der Waals surface area contributed by atoms with Gasteiger partial charge in [-0.05, 0) is 25.8 Å². The zero-order valence-corrected chi connectivity index (χ0v) is 11.9. The van der Waals surface area contributed by atoms with Crippen molar-refractivity contribution in [3.05, 3.63) is 24.3 Å². The first kappa shape index (κ1) is 15.3. The van der Waals surface area contributed by atoms with Gasteiger partial charge < -0.3 is 0 Å². The first-order valence-corrected chi connectivity index (χ1v) is 7.55. The van der Waals surface area contributed by atoms with Crippen molar-refractivity contribution in [1.29, 1.82) is 0 Å².